The Bertz CT molecular complexity index is 1260. The second-order valence-corrected chi connectivity index (χ2v) is 7.91. The fourth-order valence-electron chi connectivity index (χ4n) is 2.23. The molecule has 1 aromatic heterocycles. The molecule has 0 bridgehead atoms. The summed E-state index contributed by atoms with van der Waals surface area (Å²) >= 11 is 5.98. The highest BCUT2D eigenvalue weighted by atomic mass is 35.5. The maximum absolute atomic E-state index is 12.4. The number of rotatable bonds is 7. The summed E-state index contributed by atoms with van der Waals surface area (Å²) in [6.07, 6.45) is 2.81. The fourth-order valence-corrected chi connectivity index (χ4v) is 3.37. The summed E-state index contributed by atoms with van der Waals surface area (Å²) in [7, 11) is -3.89. The number of aromatic nitrogens is 2. The quantitative estimate of drug-likeness (QED) is 0.366. The van der Waals surface area contributed by atoms with Crippen molar-refractivity contribution in [3.8, 4) is 6.07 Å². The van der Waals surface area contributed by atoms with Crippen molar-refractivity contribution in [2.45, 2.75) is 4.90 Å². The van der Waals surface area contributed by atoms with Gasteiger partial charge in [-0.3, -0.25) is 10.2 Å². The lowest BCUT2D eigenvalue weighted by Crippen LogP contribution is -2.22. The first-order valence-corrected chi connectivity index (χ1v) is 10.4. The van der Waals surface area contributed by atoms with E-state index >= 15 is 0 Å². The molecule has 1 amide bonds. The number of anilines is 3. The molecule has 3 rings (SSSR count). The number of nitriles is 1. The molecule has 12 heteroatoms. The molecule has 10 nitrogen and oxygen atoms in total. The van der Waals surface area contributed by atoms with Crippen LogP contribution in [0.1, 0.15) is 0 Å². The zero-order valence-corrected chi connectivity index (χ0v) is 17.2. The summed E-state index contributed by atoms with van der Waals surface area (Å²) in [6, 6.07) is 15.3. The van der Waals surface area contributed by atoms with Crippen molar-refractivity contribution >= 4 is 50.6 Å². The number of carbonyl (C=O) groups is 1. The molecule has 0 radical (unpaired) electrons. The molecule has 2 aromatic carbocycles. The molecule has 0 atom stereocenters. The summed E-state index contributed by atoms with van der Waals surface area (Å²) in [5.41, 5.74) is 2.78. The monoisotopic (exact) mass is 455 g/mol. The molecule has 3 aromatic rings. The van der Waals surface area contributed by atoms with Gasteiger partial charge in [0.15, 0.2) is 0 Å². The molecule has 1 heterocycles. The Kier molecular flexibility index (Phi) is 6.76. The van der Waals surface area contributed by atoms with E-state index < -0.39 is 21.6 Å². The molecule has 0 unspecified atom stereocenters. The Hall–Kier alpha value is -4.01. The highest BCUT2D eigenvalue weighted by Crippen LogP contribution is 2.20. The number of sulfonamides is 1. The average Bonchev–Trinajstić information content (AvgIpc) is 2.76. The number of carbonyl (C=O) groups excluding carboxylic acids is 1. The highest BCUT2D eigenvalue weighted by Gasteiger charge is 2.16. The van der Waals surface area contributed by atoms with Crippen LogP contribution in [-0.4, -0.2) is 30.0 Å². The van der Waals surface area contributed by atoms with Crippen LogP contribution in [0.3, 0.4) is 0 Å². The minimum Gasteiger partial charge on any atom is -0.319 e. The van der Waals surface area contributed by atoms with Gasteiger partial charge in [0.2, 0.25) is 11.7 Å². The molecular formula is C19H14ClN7O3S. The van der Waals surface area contributed by atoms with Crippen LogP contribution in [-0.2, 0) is 14.8 Å². The first-order valence-electron chi connectivity index (χ1n) is 8.58. The van der Waals surface area contributed by atoms with Crippen LogP contribution in [0.15, 0.2) is 77.0 Å². The molecule has 0 aliphatic heterocycles. The topological polar surface area (TPSA) is 149 Å². The number of nitrogens with zero attached hydrogens (tertiary/aromatic N) is 4. The van der Waals surface area contributed by atoms with Crippen molar-refractivity contribution < 1.29 is 13.2 Å². The Balaban J connectivity index is 1.68. The van der Waals surface area contributed by atoms with Crippen molar-refractivity contribution in [3.05, 3.63) is 72.0 Å². The minimum atomic E-state index is -3.89. The van der Waals surface area contributed by atoms with E-state index in [9.17, 15) is 18.5 Å². The molecule has 156 valence electrons. The van der Waals surface area contributed by atoms with E-state index in [0.717, 1.165) is 0 Å². The number of hydrogen-bond acceptors (Lipinski definition) is 8. The smallest absolute Gasteiger partial charge is 0.287 e. The van der Waals surface area contributed by atoms with Gasteiger partial charge in [0, 0.05) is 12.4 Å². The first kappa shape index (κ1) is 21.7. The van der Waals surface area contributed by atoms with Gasteiger partial charge in [-0.25, -0.2) is 23.1 Å². The van der Waals surface area contributed by atoms with Crippen LogP contribution < -0.4 is 15.5 Å². The van der Waals surface area contributed by atoms with Gasteiger partial charge in [-0.05, 0) is 42.5 Å². The van der Waals surface area contributed by atoms with Gasteiger partial charge in [0.1, 0.15) is 6.07 Å². The van der Waals surface area contributed by atoms with Crippen LogP contribution >= 0.6 is 11.6 Å². The van der Waals surface area contributed by atoms with Crippen LogP contribution in [0.5, 0.6) is 0 Å². The maximum Gasteiger partial charge on any atom is 0.287 e. The molecule has 0 aliphatic rings. The highest BCUT2D eigenvalue weighted by molar-refractivity contribution is 7.92. The van der Waals surface area contributed by atoms with Gasteiger partial charge < -0.3 is 5.32 Å². The van der Waals surface area contributed by atoms with Crippen molar-refractivity contribution in [3.63, 3.8) is 0 Å². The predicted molar refractivity (Wildman–Crippen MR) is 116 cm³/mol. The zero-order chi connectivity index (χ0) is 22.3. The summed E-state index contributed by atoms with van der Waals surface area (Å²) in [4.78, 5) is 19.8. The number of nitrogens with one attached hydrogen (secondary N) is 3. The van der Waals surface area contributed by atoms with Gasteiger partial charge in [-0.2, -0.15) is 10.4 Å². The van der Waals surface area contributed by atoms with Gasteiger partial charge in [-0.1, -0.05) is 23.7 Å². The Labute approximate surface area is 182 Å². The molecule has 0 fully saturated rings. The number of halogens is 1. The van der Waals surface area contributed by atoms with E-state index in [4.69, 9.17) is 11.6 Å². The van der Waals surface area contributed by atoms with Gasteiger partial charge in [-0.15, -0.1) is 0 Å². The van der Waals surface area contributed by atoms with Crippen LogP contribution in [0.25, 0.3) is 0 Å². The van der Waals surface area contributed by atoms with Crippen LogP contribution in [0.2, 0.25) is 5.02 Å². The predicted octanol–water partition coefficient (Wildman–Crippen LogP) is 2.86. The summed E-state index contributed by atoms with van der Waals surface area (Å²) < 4.78 is 27.0. The molecule has 31 heavy (non-hydrogen) atoms. The van der Waals surface area contributed by atoms with E-state index in [1.807, 2.05) is 0 Å². The van der Waals surface area contributed by atoms with Crippen LogP contribution in [0.4, 0.5) is 17.3 Å². The molecule has 0 saturated carbocycles. The number of amides is 1. The van der Waals surface area contributed by atoms with E-state index in [1.165, 1.54) is 36.7 Å². The van der Waals surface area contributed by atoms with E-state index in [1.54, 1.807) is 36.4 Å². The molecule has 0 saturated heterocycles. The number of para-hydroxylation sites is 1. The summed E-state index contributed by atoms with van der Waals surface area (Å²) in [6.45, 7) is 0. The number of hydrogen-bond donors (Lipinski definition) is 3. The fraction of sp³-hybridized carbons (Fsp3) is 0. The normalized spacial score (nSPS) is 11.3. The van der Waals surface area contributed by atoms with Gasteiger partial charge in [0.05, 0.1) is 21.3 Å². The minimum absolute atomic E-state index is 0.0357. The lowest BCUT2D eigenvalue weighted by atomic mass is 10.3. The Morgan fingerprint density at radius 2 is 1.71 bits per heavy atom. The third-order valence-corrected chi connectivity index (χ3v) is 5.37. The maximum atomic E-state index is 12.4. The van der Waals surface area contributed by atoms with E-state index in [-0.39, 0.29) is 10.8 Å². The Morgan fingerprint density at radius 3 is 2.35 bits per heavy atom. The van der Waals surface area contributed by atoms with Gasteiger partial charge in [0.25, 0.3) is 15.9 Å². The molecular weight excluding hydrogens is 442 g/mol. The van der Waals surface area contributed by atoms with Gasteiger partial charge >= 0.3 is 0 Å². The van der Waals surface area contributed by atoms with Crippen molar-refractivity contribution in [2.75, 3.05) is 15.5 Å². The zero-order valence-electron chi connectivity index (χ0n) is 15.7. The lowest BCUT2D eigenvalue weighted by molar-refractivity contribution is -0.110. The standard InChI is InChI=1S/C19H14ClN7O3S/c20-15-4-1-2-5-16(15)24-18(28)17(12-21)26-25-13-6-8-14(9-7-13)31(29,30)27-19-22-10-3-11-23-19/h1-11,25H,(H,24,28)(H,22,23,27)/b26-17-. The molecule has 3 N–H and O–H groups in total. The average molecular weight is 456 g/mol. The van der Waals surface area contributed by atoms with Crippen molar-refractivity contribution in [1.82, 2.24) is 9.97 Å². The largest absolute Gasteiger partial charge is 0.319 e. The third kappa shape index (κ3) is 5.75. The van der Waals surface area contributed by atoms with E-state index in [0.29, 0.717) is 16.4 Å². The lowest BCUT2D eigenvalue weighted by Gasteiger charge is -2.08. The van der Waals surface area contributed by atoms with E-state index in [2.05, 4.69) is 30.5 Å². The number of hydrazone groups is 1. The van der Waals surface area contributed by atoms with Crippen LogP contribution in [0, 0.1) is 11.3 Å². The van der Waals surface area contributed by atoms with Crippen molar-refractivity contribution in [1.29, 1.82) is 5.26 Å². The molecule has 0 spiro atoms. The SMILES string of the molecule is N#C/C(=N/Nc1ccc(S(=O)(=O)Nc2ncccn2)cc1)C(=O)Nc1ccccc1Cl. The van der Waals surface area contributed by atoms with Crippen molar-refractivity contribution in [2.24, 2.45) is 5.10 Å². The molecule has 0 aliphatic carbocycles. The third-order valence-electron chi connectivity index (χ3n) is 3.70. The summed E-state index contributed by atoms with van der Waals surface area (Å²) in [5.74, 6) is -0.813. The second kappa shape index (κ2) is 9.66. The second-order valence-electron chi connectivity index (χ2n) is 5.82. The number of benzene rings is 2. The summed E-state index contributed by atoms with van der Waals surface area (Å²) in [5, 5.41) is 15.8. The Morgan fingerprint density at radius 1 is 1.03 bits per heavy atom. The first-order chi connectivity index (χ1) is 14.9.